The third kappa shape index (κ3) is 2.00. The number of nitrogens with two attached hydrogens (primary N) is 1. The fourth-order valence-electron chi connectivity index (χ4n) is 1.68. The van der Waals surface area contributed by atoms with Gasteiger partial charge >= 0.3 is 0 Å². The number of fused-ring (bicyclic) bond motifs is 2. The maximum Gasteiger partial charge on any atom is 0.184 e. The Kier molecular flexibility index (Phi) is 3.14. The van der Waals surface area contributed by atoms with E-state index >= 15 is 0 Å². The second kappa shape index (κ2) is 4.47. The predicted molar refractivity (Wildman–Crippen MR) is 73.4 cm³/mol. The Morgan fingerprint density at radius 1 is 1.33 bits per heavy atom. The molecule has 0 amide bonds. The highest BCUT2D eigenvalue weighted by Crippen LogP contribution is 2.33. The van der Waals surface area contributed by atoms with Gasteiger partial charge in [0.25, 0.3) is 0 Å². The van der Waals surface area contributed by atoms with E-state index in [2.05, 4.69) is 20.5 Å². The SMILES string of the molecule is Cl.Cn1nc2c(n1)C(N)=Nc1cc(Cl)ccc1N2. The average Bonchev–Trinajstić information content (AvgIpc) is 2.58. The summed E-state index contributed by atoms with van der Waals surface area (Å²) in [6.07, 6.45) is 0. The molecule has 94 valence electrons. The lowest BCUT2D eigenvalue weighted by atomic mass is 10.2. The van der Waals surface area contributed by atoms with Crippen LogP contribution in [-0.4, -0.2) is 20.8 Å². The van der Waals surface area contributed by atoms with E-state index in [0.29, 0.717) is 28.1 Å². The smallest absolute Gasteiger partial charge is 0.184 e. The molecule has 8 heteroatoms. The molecule has 0 saturated carbocycles. The van der Waals surface area contributed by atoms with Crippen LogP contribution in [0.15, 0.2) is 23.2 Å². The molecule has 0 atom stereocenters. The molecule has 0 aliphatic carbocycles. The molecule has 1 aliphatic heterocycles. The summed E-state index contributed by atoms with van der Waals surface area (Å²) in [7, 11) is 1.73. The first-order valence-corrected chi connectivity index (χ1v) is 5.34. The van der Waals surface area contributed by atoms with Gasteiger partial charge in [0.2, 0.25) is 0 Å². The molecule has 0 bridgehead atoms. The fraction of sp³-hybridized carbons (Fsp3) is 0.100. The number of hydrogen-bond donors (Lipinski definition) is 2. The first kappa shape index (κ1) is 12.7. The van der Waals surface area contributed by atoms with E-state index < -0.39 is 0 Å². The molecule has 1 aromatic carbocycles. The van der Waals surface area contributed by atoms with Crippen LogP contribution in [0.2, 0.25) is 5.02 Å². The van der Waals surface area contributed by atoms with Crippen molar-refractivity contribution in [2.24, 2.45) is 17.8 Å². The van der Waals surface area contributed by atoms with Crippen molar-refractivity contribution in [2.45, 2.75) is 0 Å². The lowest BCUT2D eigenvalue weighted by Crippen LogP contribution is -2.14. The number of nitrogens with one attached hydrogen (secondary N) is 1. The Hall–Kier alpha value is -1.79. The van der Waals surface area contributed by atoms with E-state index in [1.165, 1.54) is 4.80 Å². The Balaban J connectivity index is 0.00000120. The fourth-order valence-corrected chi connectivity index (χ4v) is 1.84. The summed E-state index contributed by atoms with van der Waals surface area (Å²) >= 11 is 5.91. The van der Waals surface area contributed by atoms with Crippen LogP contribution in [0, 0.1) is 0 Å². The number of nitrogens with zero attached hydrogens (tertiary/aromatic N) is 4. The number of benzene rings is 1. The highest BCUT2D eigenvalue weighted by Gasteiger charge is 2.19. The van der Waals surface area contributed by atoms with Crippen molar-refractivity contribution in [1.29, 1.82) is 0 Å². The maximum atomic E-state index is 5.91. The number of anilines is 2. The molecule has 0 fully saturated rings. The van der Waals surface area contributed by atoms with Gasteiger partial charge in [-0.05, 0) is 18.2 Å². The van der Waals surface area contributed by atoms with Crippen LogP contribution in [0.25, 0.3) is 0 Å². The minimum absolute atomic E-state index is 0. The molecular formula is C10H10Cl2N6. The van der Waals surface area contributed by atoms with Crippen molar-refractivity contribution < 1.29 is 0 Å². The topological polar surface area (TPSA) is 81.1 Å². The molecule has 2 aromatic rings. The average molecular weight is 285 g/mol. The van der Waals surface area contributed by atoms with Crippen molar-refractivity contribution in [2.75, 3.05) is 5.32 Å². The first-order chi connectivity index (χ1) is 8.13. The Morgan fingerprint density at radius 2 is 2.11 bits per heavy atom. The van der Waals surface area contributed by atoms with Gasteiger partial charge in [-0.1, -0.05) is 11.6 Å². The number of aliphatic imine (C=N–C) groups is 1. The Morgan fingerprint density at radius 3 is 2.89 bits per heavy atom. The van der Waals surface area contributed by atoms with Crippen molar-refractivity contribution in [3.8, 4) is 0 Å². The van der Waals surface area contributed by atoms with Crippen LogP contribution in [0.4, 0.5) is 17.2 Å². The zero-order valence-corrected chi connectivity index (χ0v) is 11.0. The molecule has 1 aliphatic rings. The zero-order chi connectivity index (χ0) is 12.0. The Labute approximate surface area is 114 Å². The number of amidine groups is 1. The third-order valence-corrected chi connectivity index (χ3v) is 2.65. The normalized spacial score (nSPS) is 12.4. The highest BCUT2D eigenvalue weighted by atomic mass is 35.5. The van der Waals surface area contributed by atoms with Crippen molar-refractivity contribution in [3.05, 3.63) is 28.9 Å². The molecular weight excluding hydrogens is 275 g/mol. The first-order valence-electron chi connectivity index (χ1n) is 4.96. The summed E-state index contributed by atoms with van der Waals surface area (Å²) in [5.41, 5.74) is 7.90. The van der Waals surface area contributed by atoms with Crippen LogP contribution in [-0.2, 0) is 7.05 Å². The van der Waals surface area contributed by atoms with Crippen LogP contribution >= 0.6 is 24.0 Å². The molecule has 0 radical (unpaired) electrons. The van der Waals surface area contributed by atoms with Gasteiger partial charge in [-0.2, -0.15) is 4.80 Å². The van der Waals surface area contributed by atoms with E-state index in [0.717, 1.165) is 5.69 Å². The molecule has 0 saturated heterocycles. The third-order valence-electron chi connectivity index (χ3n) is 2.41. The number of aryl methyl sites for hydroxylation is 1. The molecule has 1 aromatic heterocycles. The minimum atomic E-state index is 0. The van der Waals surface area contributed by atoms with Crippen molar-refractivity contribution in [1.82, 2.24) is 15.0 Å². The van der Waals surface area contributed by atoms with Gasteiger partial charge in [0, 0.05) is 12.1 Å². The van der Waals surface area contributed by atoms with Crippen LogP contribution in [0.5, 0.6) is 0 Å². The second-order valence-corrected chi connectivity index (χ2v) is 4.11. The van der Waals surface area contributed by atoms with Gasteiger partial charge in [0.1, 0.15) is 0 Å². The molecule has 2 heterocycles. The monoisotopic (exact) mass is 284 g/mol. The van der Waals surface area contributed by atoms with Crippen LogP contribution in [0.1, 0.15) is 5.69 Å². The minimum Gasteiger partial charge on any atom is -0.382 e. The van der Waals surface area contributed by atoms with Gasteiger partial charge in [-0.15, -0.1) is 22.6 Å². The van der Waals surface area contributed by atoms with Gasteiger partial charge in [0.15, 0.2) is 17.3 Å². The zero-order valence-electron chi connectivity index (χ0n) is 9.38. The van der Waals surface area contributed by atoms with Gasteiger partial charge in [0.05, 0.1) is 11.4 Å². The maximum absolute atomic E-state index is 5.91. The highest BCUT2D eigenvalue weighted by molar-refractivity contribution is 6.31. The summed E-state index contributed by atoms with van der Waals surface area (Å²) < 4.78 is 0. The predicted octanol–water partition coefficient (Wildman–Crippen LogP) is 1.98. The largest absolute Gasteiger partial charge is 0.382 e. The van der Waals surface area contributed by atoms with Gasteiger partial charge < -0.3 is 11.1 Å². The Bertz CT molecular complexity index is 633. The van der Waals surface area contributed by atoms with E-state index in [4.69, 9.17) is 17.3 Å². The lowest BCUT2D eigenvalue weighted by Gasteiger charge is -2.04. The molecule has 3 rings (SSSR count). The van der Waals surface area contributed by atoms with E-state index in [1.807, 2.05) is 6.07 Å². The van der Waals surface area contributed by atoms with Crippen molar-refractivity contribution >= 4 is 47.0 Å². The van der Waals surface area contributed by atoms with E-state index in [1.54, 1.807) is 19.2 Å². The lowest BCUT2D eigenvalue weighted by molar-refractivity contribution is 0.654. The van der Waals surface area contributed by atoms with Crippen molar-refractivity contribution in [3.63, 3.8) is 0 Å². The quantitative estimate of drug-likeness (QED) is 0.775. The number of rotatable bonds is 0. The standard InChI is InChI=1S/C10H9ClN6.ClH/c1-17-15-8-9(12)13-7-4-5(11)2-3-6(7)14-10(8)16-17;/h2-4H,1H3,(H2,12,13)(H,14,16);1H. The summed E-state index contributed by atoms with van der Waals surface area (Å²) in [4.78, 5) is 5.73. The van der Waals surface area contributed by atoms with E-state index in [-0.39, 0.29) is 12.4 Å². The summed E-state index contributed by atoms with van der Waals surface area (Å²) in [5, 5.41) is 12.1. The number of hydrogen-bond acceptors (Lipinski definition) is 5. The molecule has 6 nitrogen and oxygen atoms in total. The van der Waals surface area contributed by atoms with Gasteiger partial charge in [-0.25, -0.2) is 4.99 Å². The molecule has 0 unspecified atom stereocenters. The van der Waals surface area contributed by atoms with Gasteiger partial charge in [-0.3, -0.25) is 0 Å². The molecule has 18 heavy (non-hydrogen) atoms. The molecule has 3 N–H and O–H groups in total. The van der Waals surface area contributed by atoms with Crippen LogP contribution in [0.3, 0.4) is 0 Å². The summed E-state index contributed by atoms with van der Waals surface area (Å²) in [5.74, 6) is 0.913. The van der Waals surface area contributed by atoms with E-state index in [9.17, 15) is 0 Å². The number of aromatic nitrogens is 3. The second-order valence-electron chi connectivity index (χ2n) is 3.67. The number of halogens is 2. The van der Waals surface area contributed by atoms with Crippen LogP contribution < -0.4 is 11.1 Å². The summed E-state index contributed by atoms with van der Waals surface area (Å²) in [6.45, 7) is 0. The summed E-state index contributed by atoms with van der Waals surface area (Å²) in [6, 6.07) is 5.35. The molecule has 0 spiro atoms.